The van der Waals surface area contributed by atoms with Gasteiger partial charge in [0, 0.05) is 11.6 Å². The SMILES string of the molecule is Cl.NC(CCc1ccccc1)c1ccc2c(c1)COCO2. The number of hydrogen-bond acceptors (Lipinski definition) is 3. The van der Waals surface area contributed by atoms with Crippen molar-refractivity contribution in [1.82, 2.24) is 0 Å². The van der Waals surface area contributed by atoms with Crippen LogP contribution in [0.1, 0.15) is 29.2 Å². The standard InChI is InChI=1S/C17H19NO2.ClH/c18-16(8-6-13-4-2-1-3-5-13)14-7-9-17-15(10-14)11-19-12-20-17;/h1-5,7,9-10,16H,6,8,11-12,18H2;1H. The van der Waals surface area contributed by atoms with E-state index < -0.39 is 0 Å². The third-order valence-corrected chi connectivity index (χ3v) is 3.65. The van der Waals surface area contributed by atoms with Gasteiger partial charge in [-0.15, -0.1) is 12.4 Å². The first-order valence-electron chi connectivity index (χ1n) is 6.96. The van der Waals surface area contributed by atoms with Gasteiger partial charge in [-0.1, -0.05) is 36.4 Å². The van der Waals surface area contributed by atoms with E-state index in [1.54, 1.807) is 0 Å². The van der Waals surface area contributed by atoms with E-state index in [9.17, 15) is 0 Å². The van der Waals surface area contributed by atoms with Gasteiger partial charge in [-0.25, -0.2) is 0 Å². The van der Waals surface area contributed by atoms with E-state index in [4.69, 9.17) is 15.2 Å². The third-order valence-electron chi connectivity index (χ3n) is 3.65. The van der Waals surface area contributed by atoms with Gasteiger partial charge in [-0.3, -0.25) is 0 Å². The summed E-state index contributed by atoms with van der Waals surface area (Å²) in [5.74, 6) is 0.912. The molecule has 2 aromatic carbocycles. The minimum Gasteiger partial charge on any atom is -0.467 e. The predicted octanol–water partition coefficient (Wildman–Crippen LogP) is 3.61. The number of benzene rings is 2. The molecule has 1 atom stereocenters. The molecule has 0 aromatic heterocycles. The average molecular weight is 306 g/mol. The number of halogens is 1. The van der Waals surface area contributed by atoms with Crippen molar-refractivity contribution in [2.24, 2.45) is 5.73 Å². The van der Waals surface area contributed by atoms with Gasteiger partial charge in [0.1, 0.15) is 5.75 Å². The maximum Gasteiger partial charge on any atom is 0.189 e. The summed E-state index contributed by atoms with van der Waals surface area (Å²) in [6.07, 6.45) is 1.93. The van der Waals surface area contributed by atoms with Gasteiger partial charge in [0.05, 0.1) is 6.61 Å². The van der Waals surface area contributed by atoms with Crippen molar-refractivity contribution in [1.29, 1.82) is 0 Å². The molecule has 1 unspecified atom stereocenters. The summed E-state index contributed by atoms with van der Waals surface area (Å²) < 4.78 is 10.7. The van der Waals surface area contributed by atoms with Gasteiger partial charge in [0.25, 0.3) is 0 Å². The first kappa shape index (κ1) is 15.8. The van der Waals surface area contributed by atoms with E-state index in [1.807, 2.05) is 12.1 Å². The third kappa shape index (κ3) is 3.97. The van der Waals surface area contributed by atoms with Crippen molar-refractivity contribution in [3.8, 4) is 5.75 Å². The first-order valence-corrected chi connectivity index (χ1v) is 6.96. The molecule has 2 aromatic rings. The fourth-order valence-corrected chi connectivity index (χ4v) is 2.47. The molecule has 3 nitrogen and oxygen atoms in total. The summed E-state index contributed by atoms with van der Waals surface area (Å²) in [7, 11) is 0. The second-order valence-corrected chi connectivity index (χ2v) is 5.11. The van der Waals surface area contributed by atoms with Crippen LogP contribution in [0, 0.1) is 0 Å². The van der Waals surface area contributed by atoms with Crippen LogP contribution in [0.15, 0.2) is 48.5 Å². The van der Waals surface area contributed by atoms with Gasteiger partial charge in [0.15, 0.2) is 6.79 Å². The van der Waals surface area contributed by atoms with Gasteiger partial charge in [-0.05, 0) is 36.1 Å². The Morgan fingerprint density at radius 2 is 1.90 bits per heavy atom. The number of nitrogens with two attached hydrogens (primary N) is 1. The second-order valence-electron chi connectivity index (χ2n) is 5.11. The molecule has 2 N–H and O–H groups in total. The lowest BCUT2D eigenvalue weighted by Gasteiger charge is -2.20. The largest absolute Gasteiger partial charge is 0.467 e. The molecule has 0 spiro atoms. The van der Waals surface area contributed by atoms with Crippen LogP contribution in [0.25, 0.3) is 0 Å². The molecule has 0 radical (unpaired) electrons. The zero-order valence-corrected chi connectivity index (χ0v) is 12.6. The fraction of sp³-hybridized carbons (Fsp3) is 0.294. The summed E-state index contributed by atoms with van der Waals surface area (Å²) in [5.41, 5.74) is 9.85. The highest BCUT2D eigenvalue weighted by atomic mass is 35.5. The summed E-state index contributed by atoms with van der Waals surface area (Å²) in [6.45, 7) is 0.945. The maximum atomic E-state index is 6.29. The number of fused-ring (bicyclic) bond motifs is 1. The predicted molar refractivity (Wildman–Crippen MR) is 85.7 cm³/mol. The maximum absolute atomic E-state index is 6.29. The van der Waals surface area contributed by atoms with E-state index in [1.165, 1.54) is 5.56 Å². The molecule has 112 valence electrons. The van der Waals surface area contributed by atoms with Crippen LogP contribution in [-0.2, 0) is 17.8 Å². The minimum atomic E-state index is 0. The lowest BCUT2D eigenvalue weighted by atomic mass is 9.98. The first-order chi connectivity index (χ1) is 9.83. The van der Waals surface area contributed by atoms with E-state index in [0.717, 1.165) is 29.7 Å². The molecular formula is C17H20ClNO2. The molecule has 1 aliphatic rings. The zero-order valence-electron chi connectivity index (χ0n) is 11.8. The Labute approximate surface area is 131 Å². The van der Waals surface area contributed by atoms with Crippen LogP contribution in [0.4, 0.5) is 0 Å². The van der Waals surface area contributed by atoms with Crippen LogP contribution < -0.4 is 10.5 Å². The number of rotatable bonds is 4. The molecular weight excluding hydrogens is 286 g/mol. The number of ether oxygens (including phenoxy) is 2. The Morgan fingerprint density at radius 1 is 1.10 bits per heavy atom. The van der Waals surface area contributed by atoms with Crippen molar-refractivity contribution >= 4 is 12.4 Å². The van der Waals surface area contributed by atoms with E-state index in [0.29, 0.717) is 13.4 Å². The quantitative estimate of drug-likeness (QED) is 0.938. The molecule has 0 fully saturated rings. The highest BCUT2D eigenvalue weighted by Gasteiger charge is 2.13. The summed E-state index contributed by atoms with van der Waals surface area (Å²) in [5, 5.41) is 0. The van der Waals surface area contributed by atoms with Crippen LogP contribution in [0.2, 0.25) is 0 Å². The molecule has 21 heavy (non-hydrogen) atoms. The van der Waals surface area contributed by atoms with Crippen molar-refractivity contribution in [2.45, 2.75) is 25.5 Å². The van der Waals surface area contributed by atoms with Gasteiger partial charge in [0.2, 0.25) is 0 Å². The van der Waals surface area contributed by atoms with Crippen molar-refractivity contribution in [2.75, 3.05) is 6.79 Å². The molecule has 0 saturated heterocycles. The molecule has 0 aliphatic carbocycles. The van der Waals surface area contributed by atoms with Crippen molar-refractivity contribution in [3.63, 3.8) is 0 Å². The number of aryl methyl sites for hydroxylation is 1. The van der Waals surface area contributed by atoms with Gasteiger partial charge >= 0.3 is 0 Å². The molecule has 1 heterocycles. The molecule has 1 aliphatic heterocycles. The second kappa shape index (κ2) is 7.46. The van der Waals surface area contributed by atoms with E-state index >= 15 is 0 Å². The fourth-order valence-electron chi connectivity index (χ4n) is 2.47. The Bertz CT molecular complexity index is 574. The Balaban J connectivity index is 0.00000161. The molecule has 0 bridgehead atoms. The van der Waals surface area contributed by atoms with Crippen molar-refractivity contribution < 1.29 is 9.47 Å². The lowest BCUT2D eigenvalue weighted by Crippen LogP contribution is -2.15. The Kier molecular flexibility index (Phi) is 5.62. The lowest BCUT2D eigenvalue weighted by molar-refractivity contribution is -0.0164. The minimum absolute atomic E-state index is 0. The van der Waals surface area contributed by atoms with Crippen LogP contribution in [0.5, 0.6) is 5.75 Å². The zero-order chi connectivity index (χ0) is 13.8. The monoisotopic (exact) mass is 305 g/mol. The smallest absolute Gasteiger partial charge is 0.189 e. The van der Waals surface area contributed by atoms with Crippen LogP contribution in [0.3, 0.4) is 0 Å². The van der Waals surface area contributed by atoms with Crippen molar-refractivity contribution in [3.05, 3.63) is 65.2 Å². The molecule has 4 heteroatoms. The van der Waals surface area contributed by atoms with E-state index in [-0.39, 0.29) is 18.4 Å². The molecule has 0 saturated carbocycles. The molecule has 0 amide bonds. The number of hydrogen-bond donors (Lipinski definition) is 1. The summed E-state index contributed by atoms with van der Waals surface area (Å²) in [4.78, 5) is 0. The topological polar surface area (TPSA) is 44.5 Å². The van der Waals surface area contributed by atoms with Gasteiger partial charge < -0.3 is 15.2 Å². The van der Waals surface area contributed by atoms with E-state index in [2.05, 4.69) is 36.4 Å². The summed E-state index contributed by atoms with van der Waals surface area (Å²) >= 11 is 0. The summed E-state index contributed by atoms with van der Waals surface area (Å²) in [6, 6.07) is 16.6. The average Bonchev–Trinajstić information content (AvgIpc) is 2.53. The highest BCUT2D eigenvalue weighted by Crippen LogP contribution is 2.27. The Morgan fingerprint density at radius 3 is 2.71 bits per heavy atom. The van der Waals surface area contributed by atoms with Crippen LogP contribution >= 0.6 is 12.4 Å². The molecule has 3 rings (SSSR count). The van der Waals surface area contributed by atoms with Gasteiger partial charge in [-0.2, -0.15) is 0 Å². The Hall–Kier alpha value is -1.55. The highest BCUT2D eigenvalue weighted by molar-refractivity contribution is 5.85. The van der Waals surface area contributed by atoms with Crippen LogP contribution in [-0.4, -0.2) is 6.79 Å². The normalized spacial score (nSPS) is 14.5.